The second-order valence-electron chi connectivity index (χ2n) is 23.8. The molecule has 15 heteroatoms. The van der Waals surface area contributed by atoms with Crippen LogP contribution in [-0.2, 0) is 45.4 Å². The molecular weight excluding hydrogens is 1250 g/mol. The molecule has 3 aromatic heterocycles. The van der Waals surface area contributed by atoms with Crippen LogP contribution in [0.2, 0.25) is 0 Å². The molecule has 0 unspecified atom stereocenters. The van der Waals surface area contributed by atoms with Crippen molar-refractivity contribution in [2.24, 2.45) is 0 Å². The van der Waals surface area contributed by atoms with Crippen LogP contribution in [0.25, 0.3) is 105 Å². The highest BCUT2D eigenvalue weighted by molar-refractivity contribution is 6.14. The molecule has 100 heavy (non-hydrogen) atoms. The van der Waals surface area contributed by atoms with Crippen molar-refractivity contribution in [1.29, 1.82) is 5.26 Å². The van der Waals surface area contributed by atoms with Crippen molar-refractivity contribution < 1.29 is 38.1 Å². The van der Waals surface area contributed by atoms with Crippen LogP contribution >= 0.6 is 0 Å². The highest BCUT2D eigenvalue weighted by Gasteiger charge is 2.25. The first kappa shape index (κ1) is 62.2. The van der Waals surface area contributed by atoms with Crippen molar-refractivity contribution in [2.75, 3.05) is 0 Å². The number of hydrogen-bond donors (Lipinski definition) is 0. The molecule has 0 saturated heterocycles. The van der Waals surface area contributed by atoms with Gasteiger partial charge in [-0.1, -0.05) is 170 Å². The minimum atomic E-state index is -0.526. The van der Waals surface area contributed by atoms with Gasteiger partial charge < -0.3 is 28.1 Å². The molecule has 0 radical (unpaired) electrons. The summed E-state index contributed by atoms with van der Waals surface area (Å²) in [7, 11) is 0. The predicted molar refractivity (Wildman–Crippen MR) is 383 cm³/mol. The molecule has 15 rings (SSSR count). The third-order valence-corrected chi connectivity index (χ3v) is 17.4. The zero-order valence-corrected chi connectivity index (χ0v) is 53.4. The highest BCUT2D eigenvalue weighted by atomic mass is 16.5. The summed E-state index contributed by atoms with van der Waals surface area (Å²) in [4.78, 5) is 74.6. The van der Waals surface area contributed by atoms with Crippen LogP contribution in [0.1, 0.15) is 69.2 Å². The molecule has 0 aliphatic rings. The highest BCUT2D eigenvalue weighted by Crippen LogP contribution is 2.41. The van der Waals surface area contributed by atoms with Crippen LogP contribution in [-0.4, -0.2) is 48.0 Å². The van der Waals surface area contributed by atoms with E-state index in [-0.39, 0.29) is 43.6 Å². The molecule has 0 bridgehead atoms. The monoisotopic (exact) mass is 1300 g/mol. The Morgan fingerprint density at radius 1 is 0.350 bits per heavy atom. The van der Waals surface area contributed by atoms with Gasteiger partial charge in [0.15, 0.2) is 23.2 Å². The van der Waals surface area contributed by atoms with Gasteiger partial charge >= 0.3 is 23.9 Å². The molecule has 0 amide bonds. The van der Waals surface area contributed by atoms with E-state index in [0.717, 1.165) is 22.3 Å². The lowest BCUT2D eigenvalue weighted by Crippen LogP contribution is -2.05. The first-order valence-electron chi connectivity index (χ1n) is 32.1. The van der Waals surface area contributed by atoms with E-state index in [1.807, 2.05) is 217 Å². The lowest BCUT2D eigenvalue weighted by molar-refractivity contribution is 0.0464. The first-order valence-corrected chi connectivity index (χ1v) is 32.1. The molecule has 478 valence electrons. The Balaban J connectivity index is 0.846. The number of nitriles is 1. The molecule has 12 aromatic carbocycles. The molecule has 0 aliphatic heterocycles. The summed E-state index contributed by atoms with van der Waals surface area (Å²) in [6.07, 6.45) is 0. The zero-order chi connectivity index (χ0) is 68.1. The van der Waals surface area contributed by atoms with Crippen molar-refractivity contribution in [3.8, 4) is 62.7 Å². The summed E-state index contributed by atoms with van der Waals surface area (Å²) in [5.41, 5.74) is 12.3. The fourth-order valence-electron chi connectivity index (χ4n) is 12.5. The van der Waals surface area contributed by atoms with Crippen molar-refractivity contribution in [3.05, 3.63) is 347 Å². The van der Waals surface area contributed by atoms with Crippen LogP contribution in [0, 0.1) is 17.9 Å². The van der Waals surface area contributed by atoms with Crippen molar-refractivity contribution >= 4 is 73.2 Å². The number of carbonyl (C=O) groups is 4. The van der Waals surface area contributed by atoms with E-state index in [1.54, 1.807) is 72.8 Å². The predicted octanol–water partition coefficient (Wildman–Crippen LogP) is 18.6. The smallest absolute Gasteiger partial charge is 0.338 e. The minimum absolute atomic E-state index is 0.0735. The van der Waals surface area contributed by atoms with E-state index >= 15 is 0 Å². The number of benzene rings is 12. The third kappa shape index (κ3) is 12.7. The Kier molecular flexibility index (Phi) is 17.1. The maximum Gasteiger partial charge on any atom is 0.338 e. The van der Waals surface area contributed by atoms with E-state index in [2.05, 4.69) is 15.5 Å². The number of aromatic nitrogens is 5. The molecule has 3 heterocycles. The zero-order valence-electron chi connectivity index (χ0n) is 53.4. The van der Waals surface area contributed by atoms with Crippen molar-refractivity contribution in [2.45, 2.75) is 26.4 Å². The second-order valence-corrected chi connectivity index (χ2v) is 23.8. The molecule has 0 saturated carbocycles. The van der Waals surface area contributed by atoms with E-state index < -0.39 is 23.9 Å². The Morgan fingerprint density at radius 2 is 0.700 bits per heavy atom. The molecule has 15 nitrogen and oxygen atoms in total. The second kappa shape index (κ2) is 27.4. The topological polar surface area (TPSA) is 182 Å². The Labute approximate surface area is 573 Å². The summed E-state index contributed by atoms with van der Waals surface area (Å²) in [6.45, 7) is 8.40. The largest absolute Gasteiger partial charge is 0.457 e. The normalized spacial score (nSPS) is 11.1. The van der Waals surface area contributed by atoms with Gasteiger partial charge in [-0.05, 0) is 149 Å². The van der Waals surface area contributed by atoms with Gasteiger partial charge in [0.05, 0.1) is 62.5 Å². The van der Waals surface area contributed by atoms with E-state index in [4.69, 9.17) is 40.5 Å². The fraction of sp³-hybridized carbons (Fsp3) is 0.0471. The number of hydrogen-bond acceptors (Lipinski definition) is 12. The van der Waals surface area contributed by atoms with Gasteiger partial charge in [0.2, 0.25) is 0 Å². The van der Waals surface area contributed by atoms with Crippen molar-refractivity contribution in [3.63, 3.8) is 0 Å². The van der Waals surface area contributed by atoms with E-state index in [0.29, 0.717) is 117 Å². The van der Waals surface area contributed by atoms with E-state index in [9.17, 15) is 24.4 Å². The quantitative estimate of drug-likeness (QED) is 0.0451. The number of ether oxygens (including phenoxy) is 4. The number of rotatable bonds is 18. The molecule has 0 fully saturated rings. The number of carbonyl (C=O) groups excluding carboxylic acids is 4. The molecule has 0 aliphatic carbocycles. The molecule has 0 atom stereocenters. The van der Waals surface area contributed by atoms with Gasteiger partial charge in [0, 0.05) is 49.6 Å². The number of esters is 4. The van der Waals surface area contributed by atoms with Crippen molar-refractivity contribution in [1.82, 2.24) is 24.1 Å². The van der Waals surface area contributed by atoms with Gasteiger partial charge in [-0.15, -0.1) is 0 Å². The van der Waals surface area contributed by atoms with Gasteiger partial charge in [-0.25, -0.2) is 39.0 Å². The van der Waals surface area contributed by atoms with Gasteiger partial charge in [-0.2, -0.15) is 5.26 Å². The van der Waals surface area contributed by atoms with Crippen LogP contribution in [0.4, 0.5) is 5.69 Å². The average molecular weight is 1300 g/mol. The summed E-state index contributed by atoms with van der Waals surface area (Å²) >= 11 is 0. The minimum Gasteiger partial charge on any atom is -0.457 e. The number of nitrogens with zero attached hydrogens (tertiary/aromatic N) is 7. The number of fused-ring (bicyclic) bond motifs is 6. The lowest BCUT2D eigenvalue weighted by atomic mass is 9.97. The van der Waals surface area contributed by atoms with Gasteiger partial charge in [-0.3, -0.25) is 0 Å². The Hall–Kier alpha value is -13.9. The summed E-state index contributed by atoms with van der Waals surface area (Å²) in [6, 6.07) is 89.6. The van der Waals surface area contributed by atoms with Crippen LogP contribution in [0.15, 0.2) is 285 Å². The average Bonchev–Trinajstić information content (AvgIpc) is 1.58. The molecule has 0 N–H and O–H groups in total. The Bertz CT molecular complexity index is 5560. The SMILES string of the molecule is [C-]#[N+]c1cccc(-c2cc(-n3c4ccc(C(=O)OCc5ccccc5)cc4c4cc(C(=O)OCc5ccccc5)ccc43)ccc2-c2nc(-c3ccccc3)nc(-c3ccc(-n4c5ccc(C(=O)OCc6ccccc6)cc5c5cc(C(=O)OCc6ccccc6)ccc54)cc3C#N)n2)c1. The summed E-state index contributed by atoms with van der Waals surface area (Å²) < 4.78 is 27.3. The summed E-state index contributed by atoms with van der Waals surface area (Å²) in [5.74, 6) is -1.29. The van der Waals surface area contributed by atoms with Crippen LogP contribution in [0.5, 0.6) is 0 Å². The molecular formula is C85H55N7O8. The maximum absolute atomic E-state index is 13.9. The summed E-state index contributed by atoms with van der Waals surface area (Å²) in [5, 5.41) is 13.9. The molecule has 15 aromatic rings. The maximum atomic E-state index is 13.9. The standard InChI is InChI=1S/C85H55N7O8/c1-87-65-29-17-28-59(42-65)70-48-67(92-77-40-32-62(84(95)99-52-56-22-11-4-12-23-56)46-73(77)74-47-63(33-41-78(74)92)85(96)100-53-57-24-13-5-14-25-57)35-37-69(70)81-89-79(58-26-15-6-16-27-58)88-80(90-81)68-36-34-66(43-64(68)49-86)91-75-38-30-60(82(93)97-50-54-18-7-2-8-19-54)44-71(75)72-45-61(31-39-76(72)91)83(94)98-51-55-20-9-3-10-21-55/h2-48H,50-53H2. The fourth-order valence-corrected chi connectivity index (χ4v) is 12.5. The molecule has 0 spiro atoms. The van der Waals surface area contributed by atoms with Gasteiger partial charge in [0.1, 0.15) is 26.4 Å². The first-order chi connectivity index (χ1) is 49.1. The third-order valence-electron chi connectivity index (χ3n) is 17.4. The van der Waals surface area contributed by atoms with Crippen LogP contribution in [0.3, 0.4) is 0 Å². The van der Waals surface area contributed by atoms with Crippen LogP contribution < -0.4 is 0 Å². The Morgan fingerprint density at radius 3 is 1.09 bits per heavy atom. The van der Waals surface area contributed by atoms with Gasteiger partial charge in [0.25, 0.3) is 0 Å². The van der Waals surface area contributed by atoms with E-state index in [1.165, 1.54) is 0 Å². The lowest BCUT2D eigenvalue weighted by Gasteiger charge is -2.16.